The number of carbonyl (C=O) groups is 2. The normalized spacial score (nSPS) is 12.7. The van der Waals surface area contributed by atoms with Gasteiger partial charge in [-0.3, -0.25) is 4.79 Å². The average molecular weight is 321 g/mol. The van der Waals surface area contributed by atoms with E-state index in [0.29, 0.717) is 6.07 Å². The van der Waals surface area contributed by atoms with Crippen molar-refractivity contribution in [2.45, 2.75) is 12.5 Å². The van der Waals surface area contributed by atoms with Crippen LogP contribution < -0.4 is 5.32 Å². The van der Waals surface area contributed by atoms with E-state index in [0.717, 1.165) is 18.4 Å². The molecule has 2 N–H and O–H groups in total. The number of benzene rings is 1. The lowest BCUT2D eigenvalue weighted by atomic mass is 10.1. The summed E-state index contributed by atoms with van der Waals surface area (Å²) in [5, 5.41) is 10.9. The van der Waals surface area contributed by atoms with Crippen molar-refractivity contribution in [3.05, 3.63) is 35.4 Å². The second-order valence-electron chi connectivity index (χ2n) is 4.41. The number of sulfone groups is 1. The van der Waals surface area contributed by atoms with Gasteiger partial charge in [0.05, 0.1) is 11.3 Å². The molecule has 0 fully saturated rings. The summed E-state index contributed by atoms with van der Waals surface area (Å²) in [6, 6.07) is 0.720. The molecule has 0 saturated heterocycles. The Labute approximate surface area is 119 Å². The highest BCUT2D eigenvalue weighted by molar-refractivity contribution is 7.90. The first-order valence-electron chi connectivity index (χ1n) is 5.76. The van der Waals surface area contributed by atoms with Crippen molar-refractivity contribution in [1.82, 2.24) is 5.32 Å². The van der Waals surface area contributed by atoms with Gasteiger partial charge in [0.2, 0.25) is 0 Å². The number of carboxylic acids is 1. The largest absolute Gasteiger partial charge is 0.480 e. The number of amides is 1. The fourth-order valence-electron chi connectivity index (χ4n) is 1.50. The molecule has 0 heterocycles. The minimum atomic E-state index is -3.41. The van der Waals surface area contributed by atoms with Crippen LogP contribution in [0.15, 0.2) is 18.2 Å². The van der Waals surface area contributed by atoms with Crippen LogP contribution in [0.25, 0.3) is 0 Å². The maximum atomic E-state index is 13.4. The van der Waals surface area contributed by atoms with Crippen molar-refractivity contribution in [3.8, 4) is 0 Å². The van der Waals surface area contributed by atoms with Gasteiger partial charge in [-0.25, -0.2) is 22.0 Å². The first-order chi connectivity index (χ1) is 9.60. The van der Waals surface area contributed by atoms with Crippen LogP contribution in [0.2, 0.25) is 0 Å². The molecule has 0 aliphatic rings. The van der Waals surface area contributed by atoms with E-state index in [-0.39, 0.29) is 6.42 Å². The average Bonchev–Trinajstić information content (AvgIpc) is 2.32. The standard InChI is InChI=1S/C12H13F2NO5S/c1-21(19,20)5-4-10(12(17)18)15-11(16)8-3-2-7(13)6-9(8)14/h2-3,6,10H,4-5H2,1H3,(H,15,16)(H,17,18). The third kappa shape index (κ3) is 5.46. The van der Waals surface area contributed by atoms with Crippen molar-refractivity contribution in [3.63, 3.8) is 0 Å². The molecule has 1 aromatic carbocycles. The van der Waals surface area contributed by atoms with Gasteiger partial charge in [-0.15, -0.1) is 0 Å². The first kappa shape index (κ1) is 17.0. The van der Waals surface area contributed by atoms with Crippen LogP contribution in [0.4, 0.5) is 8.78 Å². The van der Waals surface area contributed by atoms with Crippen molar-refractivity contribution in [2.75, 3.05) is 12.0 Å². The quantitative estimate of drug-likeness (QED) is 0.798. The van der Waals surface area contributed by atoms with E-state index < -0.39 is 50.7 Å². The predicted octanol–water partition coefficient (Wildman–Crippen LogP) is 0.582. The topological polar surface area (TPSA) is 101 Å². The Morgan fingerprint density at radius 3 is 2.43 bits per heavy atom. The Kier molecular flexibility index (Phi) is 5.36. The number of hydrogen-bond acceptors (Lipinski definition) is 4. The third-order valence-electron chi connectivity index (χ3n) is 2.56. The Morgan fingerprint density at radius 2 is 1.95 bits per heavy atom. The fourth-order valence-corrected chi connectivity index (χ4v) is 2.16. The molecule has 1 rings (SSSR count). The zero-order valence-corrected chi connectivity index (χ0v) is 11.8. The summed E-state index contributed by atoms with van der Waals surface area (Å²) in [6.45, 7) is 0. The summed E-state index contributed by atoms with van der Waals surface area (Å²) in [5.41, 5.74) is -0.526. The van der Waals surface area contributed by atoms with Crippen LogP contribution in [-0.2, 0) is 14.6 Å². The lowest BCUT2D eigenvalue weighted by Gasteiger charge is -2.14. The van der Waals surface area contributed by atoms with Crippen LogP contribution in [-0.4, -0.2) is 43.5 Å². The van der Waals surface area contributed by atoms with Gasteiger partial charge in [0.1, 0.15) is 27.5 Å². The van der Waals surface area contributed by atoms with Gasteiger partial charge in [0.15, 0.2) is 0 Å². The van der Waals surface area contributed by atoms with Gasteiger partial charge >= 0.3 is 5.97 Å². The summed E-state index contributed by atoms with van der Waals surface area (Å²) in [6.07, 6.45) is 0.566. The molecule has 116 valence electrons. The number of aliphatic carboxylic acids is 1. The molecule has 1 unspecified atom stereocenters. The fraction of sp³-hybridized carbons (Fsp3) is 0.333. The van der Waals surface area contributed by atoms with Crippen LogP contribution >= 0.6 is 0 Å². The van der Waals surface area contributed by atoms with Gasteiger partial charge < -0.3 is 10.4 Å². The van der Waals surface area contributed by atoms with E-state index in [9.17, 15) is 26.8 Å². The van der Waals surface area contributed by atoms with Crippen molar-refractivity contribution >= 4 is 21.7 Å². The molecule has 1 aromatic rings. The highest BCUT2D eigenvalue weighted by Crippen LogP contribution is 2.10. The van der Waals surface area contributed by atoms with E-state index in [1.165, 1.54) is 0 Å². The first-order valence-corrected chi connectivity index (χ1v) is 7.82. The summed E-state index contributed by atoms with van der Waals surface area (Å²) >= 11 is 0. The predicted molar refractivity (Wildman–Crippen MR) is 69.6 cm³/mol. The number of halogens is 2. The van der Waals surface area contributed by atoms with Crippen LogP contribution in [0.1, 0.15) is 16.8 Å². The van der Waals surface area contributed by atoms with Crippen LogP contribution in [0.3, 0.4) is 0 Å². The number of nitrogens with one attached hydrogen (secondary N) is 1. The molecule has 0 radical (unpaired) electrons. The highest BCUT2D eigenvalue weighted by Gasteiger charge is 2.23. The Morgan fingerprint density at radius 1 is 1.33 bits per heavy atom. The molecule has 0 aliphatic heterocycles. The molecule has 1 atom stereocenters. The molecule has 0 aliphatic carbocycles. The summed E-state index contributed by atoms with van der Waals surface area (Å²) < 4.78 is 48.1. The van der Waals surface area contributed by atoms with E-state index in [2.05, 4.69) is 0 Å². The third-order valence-corrected chi connectivity index (χ3v) is 3.53. The van der Waals surface area contributed by atoms with Gasteiger partial charge in [0.25, 0.3) is 5.91 Å². The van der Waals surface area contributed by atoms with Gasteiger partial charge in [-0.05, 0) is 18.6 Å². The summed E-state index contributed by atoms with van der Waals surface area (Å²) in [5.74, 6) is -4.98. The Hall–Kier alpha value is -2.03. The molecule has 1 amide bonds. The lowest BCUT2D eigenvalue weighted by molar-refractivity contribution is -0.139. The molecule has 0 saturated carbocycles. The van der Waals surface area contributed by atoms with Crippen LogP contribution in [0.5, 0.6) is 0 Å². The van der Waals surface area contributed by atoms with E-state index in [1.54, 1.807) is 0 Å². The lowest BCUT2D eigenvalue weighted by Crippen LogP contribution is -2.42. The molecule has 6 nitrogen and oxygen atoms in total. The number of hydrogen-bond donors (Lipinski definition) is 2. The van der Waals surface area contributed by atoms with E-state index >= 15 is 0 Å². The monoisotopic (exact) mass is 321 g/mol. The molecule has 0 aromatic heterocycles. The number of carboxylic acid groups (broad SMARTS) is 1. The minimum absolute atomic E-state index is 0.358. The maximum Gasteiger partial charge on any atom is 0.326 e. The van der Waals surface area contributed by atoms with Crippen molar-refractivity contribution < 1.29 is 31.9 Å². The SMILES string of the molecule is CS(=O)(=O)CCC(NC(=O)c1ccc(F)cc1F)C(=O)O. The zero-order chi connectivity index (χ0) is 16.2. The van der Waals surface area contributed by atoms with E-state index in [4.69, 9.17) is 5.11 Å². The molecule has 0 bridgehead atoms. The Bertz CT molecular complexity index is 660. The highest BCUT2D eigenvalue weighted by atomic mass is 32.2. The number of rotatable bonds is 6. The molecule has 0 spiro atoms. The second kappa shape index (κ2) is 6.61. The molecular weight excluding hydrogens is 308 g/mol. The maximum absolute atomic E-state index is 13.4. The molecule has 21 heavy (non-hydrogen) atoms. The summed E-state index contributed by atoms with van der Waals surface area (Å²) in [4.78, 5) is 22.7. The van der Waals surface area contributed by atoms with Crippen LogP contribution in [0, 0.1) is 11.6 Å². The van der Waals surface area contributed by atoms with Crippen molar-refractivity contribution in [2.24, 2.45) is 0 Å². The number of carbonyl (C=O) groups excluding carboxylic acids is 1. The van der Waals surface area contributed by atoms with Gasteiger partial charge in [0, 0.05) is 12.3 Å². The smallest absolute Gasteiger partial charge is 0.326 e. The minimum Gasteiger partial charge on any atom is -0.480 e. The Balaban J connectivity index is 2.84. The molecule has 9 heteroatoms. The second-order valence-corrected chi connectivity index (χ2v) is 6.67. The van der Waals surface area contributed by atoms with Gasteiger partial charge in [-0.2, -0.15) is 0 Å². The van der Waals surface area contributed by atoms with Gasteiger partial charge in [-0.1, -0.05) is 0 Å². The van der Waals surface area contributed by atoms with Crippen molar-refractivity contribution in [1.29, 1.82) is 0 Å². The summed E-state index contributed by atoms with van der Waals surface area (Å²) in [7, 11) is -3.41. The molecular formula is C12H13F2NO5S. The van der Waals surface area contributed by atoms with E-state index in [1.807, 2.05) is 5.32 Å². The zero-order valence-electron chi connectivity index (χ0n) is 11.0.